The van der Waals surface area contributed by atoms with Gasteiger partial charge in [0, 0.05) is 20.8 Å². The van der Waals surface area contributed by atoms with Crippen LogP contribution >= 0.6 is 0 Å². The largest absolute Gasteiger partial charge is 0.376 e. The van der Waals surface area contributed by atoms with E-state index in [4.69, 9.17) is 9.47 Å². The Bertz CT molecular complexity index is 228. The van der Waals surface area contributed by atoms with E-state index in [0.29, 0.717) is 6.54 Å². The summed E-state index contributed by atoms with van der Waals surface area (Å²) >= 11 is 0. The highest BCUT2D eigenvalue weighted by atomic mass is 16.5. The second-order valence-corrected chi connectivity index (χ2v) is 4.64. The molecule has 1 aliphatic carbocycles. The molecular formula is C11H21NO3. The fourth-order valence-corrected chi connectivity index (χ4v) is 1.57. The molecule has 0 aromatic rings. The third-order valence-corrected chi connectivity index (χ3v) is 3.33. The monoisotopic (exact) mass is 215 g/mol. The first-order valence-electron chi connectivity index (χ1n) is 5.34. The predicted molar refractivity (Wildman–Crippen MR) is 57.7 cm³/mol. The minimum atomic E-state index is -0.765. The number of hydrogen-bond donors (Lipinski definition) is 1. The van der Waals surface area contributed by atoms with Gasteiger partial charge >= 0.3 is 0 Å². The number of methoxy groups -OCH3 is 2. The molecule has 0 aliphatic heterocycles. The van der Waals surface area contributed by atoms with E-state index >= 15 is 0 Å². The van der Waals surface area contributed by atoms with Crippen LogP contribution in [-0.4, -0.2) is 37.9 Å². The van der Waals surface area contributed by atoms with Crippen molar-refractivity contribution in [3.05, 3.63) is 0 Å². The van der Waals surface area contributed by atoms with Crippen molar-refractivity contribution in [3.8, 4) is 0 Å². The standard InChI is InChI=1S/C11H21NO3/c1-10(2,14-3)9(13)12-8-11(15-4)6-5-7-11/h5-8H2,1-4H3,(H,12,13). The molecule has 0 aromatic carbocycles. The lowest BCUT2D eigenvalue weighted by molar-refractivity contribution is -0.142. The molecule has 0 unspecified atom stereocenters. The highest BCUT2D eigenvalue weighted by Gasteiger charge is 2.38. The second kappa shape index (κ2) is 4.49. The lowest BCUT2D eigenvalue weighted by Crippen LogP contribution is -2.53. The Morgan fingerprint density at radius 1 is 1.40 bits per heavy atom. The van der Waals surface area contributed by atoms with Crippen molar-refractivity contribution in [3.63, 3.8) is 0 Å². The first kappa shape index (κ1) is 12.5. The van der Waals surface area contributed by atoms with E-state index < -0.39 is 5.60 Å². The van der Waals surface area contributed by atoms with E-state index in [-0.39, 0.29) is 11.5 Å². The minimum Gasteiger partial charge on any atom is -0.376 e. The van der Waals surface area contributed by atoms with Gasteiger partial charge < -0.3 is 14.8 Å². The zero-order valence-corrected chi connectivity index (χ0v) is 10.1. The van der Waals surface area contributed by atoms with Gasteiger partial charge in [0.05, 0.1) is 5.60 Å². The average molecular weight is 215 g/mol. The van der Waals surface area contributed by atoms with Gasteiger partial charge in [-0.1, -0.05) is 0 Å². The molecule has 1 amide bonds. The van der Waals surface area contributed by atoms with Gasteiger partial charge in [-0.2, -0.15) is 0 Å². The van der Waals surface area contributed by atoms with Crippen molar-refractivity contribution in [1.29, 1.82) is 0 Å². The van der Waals surface area contributed by atoms with E-state index in [2.05, 4.69) is 5.32 Å². The summed E-state index contributed by atoms with van der Waals surface area (Å²) in [6, 6.07) is 0. The molecule has 88 valence electrons. The van der Waals surface area contributed by atoms with Gasteiger partial charge in [-0.05, 0) is 33.1 Å². The number of carbonyl (C=O) groups is 1. The van der Waals surface area contributed by atoms with Gasteiger partial charge in [-0.15, -0.1) is 0 Å². The smallest absolute Gasteiger partial charge is 0.251 e. The summed E-state index contributed by atoms with van der Waals surface area (Å²) in [6.07, 6.45) is 3.23. The highest BCUT2D eigenvalue weighted by molar-refractivity contribution is 5.84. The third-order valence-electron chi connectivity index (χ3n) is 3.33. The summed E-state index contributed by atoms with van der Waals surface area (Å²) < 4.78 is 10.5. The van der Waals surface area contributed by atoms with Crippen LogP contribution in [0.4, 0.5) is 0 Å². The zero-order chi connectivity index (χ0) is 11.5. The molecule has 0 bridgehead atoms. The van der Waals surface area contributed by atoms with E-state index in [0.717, 1.165) is 12.8 Å². The summed E-state index contributed by atoms with van der Waals surface area (Å²) in [5.41, 5.74) is -0.891. The maximum Gasteiger partial charge on any atom is 0.251 e. The molecule has 4 heteroatoms. The minimum absolute atomic E-state index is 0.0895. The summed E-state index contributed by atoms with van der Waals surface area (Å²) in [5, 5.41) is 2.88. The fraction of sp³-hybridized carbons (Fsp3) is 0.909. The quantitative estimate of drug-likeness (QED) is 0.747. The van der Waals surface area contributed by atoms with Crippen LogP contribution in [0, 0.1) is 0 Å². The zero-order valence-electron chi connectivity index (χ0n) is 10.1. The fourth-order valence-electron chi connectivity index (χ4n) is 1.57. The molecule has 4 nitrogen and oxygen atoms in total. The SMILES string of the molecule is COC1(CNC(=O)C(C)(C)OC)CCC1. The highest BCUT2D eigenvalue weighted by Crippen LogP contribution is 2.34. The molecule has 15 heavy (non-hydrogen) atoms. The van der Waals surface area contributed by atoms with Crippen LogP contribution < -0.4 is 5.32 Å². The van der Waals surface area contributed by atoms with Gasteiger partial charge in [-0.25, -0.2) is 0 Å². The first-order chi connectivity index (χ1) is 6.96. The van der Waals surface area contributed by atoms with Crippen molar-refractivity contribution < 1.29 is 14.3 Å². The maximum atomic E-state index is 11.7. The number of rotatable bonds is 5. The Morgan fingerprint density at radius 3 is 2.33 bits per heavy atom. The van der Waals surface area contributed by atoms with E-state index in [1.54, 1.807) is 21.0 Å². The van der Waals surface area contributed by atoms with Crippen LogP contribution in [0.15, 0.2) is 0 Å². The van der Waals surface area contributed by atoms with E-state index in [1.807, 2.05) is 0 Å². The van der Waals surface area contributed by atoms with E-state index in [9.17, 15) is 4.79 Å². The molecule has 0 heterocycles. The number of carbonyl (C=O) groups excluding carboxylic acids is 1. The molecule has 1 rings (SSSR count). The number of ether oxygens (including phenoxy) is 2. The third kappa shape index (κ3) is 2.69. The van der Waals surface area contributed by atoms with Crippen LogP contribution in [0.3, 0.4) is 0 Å². The molecule has 0 spiro atoms. The number of amides is 1. The Morgan fingerprint density at radius 2 is 2.00 bits per heavy atom. The Balaban J connectivity index is 2.40. The van der Waals surface area contributed by atoms with Crippen molar-refractivity contribution >= 4 is 5.91 Å². The topological polar surface area (TPSA) is 47.6 Å². The van der Waals surface area contributed by atoms with Gasteiger partial charge in [0.2, 0.25) is 0 Å². The number of nitrogens with one attached hydrogen (secondary N) is 1. The van der Waals surface area contributed by atoms with Crippen LogP contribution in [0.5, 0.6) is 0 Å². The molecule has 0 atom stereocenters. The molecule has 1 fully saturated rings. The second-order valence-electron chi connectivity index (χ2n) is 4.64. The molecule has 1 N–H and O–H groups in total. The van der Waals surface area contributed by atoms with Gasteiger partial charge in [-0.3, -0.25) is 4.79 Å². The predicted octanol–water partition coefficient (Wildman–Crippen LogP) is 1.10. The van der Waals surface area contributed by atoms with Crippen molar-refractivity contribution in [1.82, 2.24) is 5.32 Å². The Kier molecular flexibility index (Phi) is 3.73. The Labute approximate surface area is 91.3 Å². The summed E-state index contributed by atoms with van der Waals surface area (Å²) in [5.74, 6) is -0.0895. The van der Waals surface area contributed by atoms with Crippen molar-refractivity contribution in [2.75, 3.05) is 20.8 Å². The maximum absolute atomic E-state index is 11.7. The molecule has 1 saturated carbocycles. The van der Waals surface area contributed by atoms with Crippen LogP contribution in [0.1, 0.15) is 33.1 Å². The van der Waals surface area contributed by atoms with Gasteiger partial charge in [0.1, 0.15) is 5.60 Å². The van der Waals surface area contributed by atoms with Gasteiger partial charge in [0.25, 0.3) is 5.91 Å². The Hall–Kier alpha value is -0.610. The van der Waals surface area contributed by atoms with Crippen molar-refractivity contribution in [2.24, 2.45) is 0 Å². The molecule has 0 radical (unpaired) electrons. The van der Waals surface area contributed by atoms with Crippen LogP contribution in [0.25, 0.3) is 0 Å². The first-order valence-corrected chi connectivity index (χ1v) is 5.34. The lowest BCUT2D eigenvalue weighted by Gasteiger charge is -2.41. The molecule has 1 aliphatic rings. The van der Waals surface area contributed by atoms with E-state index in [1.165, 1.54) is 13.5 Å². The lowest BCUT2D eigenvalue weighted by atomic mass is 9.80. The van der Waals surface area contributed by atoms with Crippen LogP contribution in [-0.2, 0) is 14.3 Å². The number of hydrogen-bond acceptors (Lipinski definition) is 3. The molecular weight excluding hydrogens is 194 g/mol. The van der Waals surface area contributed by atoms with Crippen molar-refractivity contribution in [2.45, 2.75) is 44.3 Å². The molecule has 0 aromatic heterocycles. The summed E-state index contributed by atoms with van der Waals surface area (Å²) in [4.78, 5) is 11.7. The molecule has 0 saturated heterocycles. The summed E-state index contributed by atoms with van der Waals surface area (Å²) in [6.45, 7) is 4.08. The average Bonchev–Trinajstić information content (AvgIpc) is 2.16. The summed E-state index contributed by atoms with van der Waals surface area (Å²) in [7, 11) is 3.24. The van der Waals surface area contributed by atoms with Gasteiger partial charge in [0.15, 0.2) is 0 Å². The normalized spacial score (nSPS) is 19.5. The van der Waals surface area contributed by atoms with Crippen LogP contribution in [0.2, 0.25) is 0 Å².